The average Bonchev–Trinajstić information content (AvgIpc) is 3.08. The molecule has 0 aliphatic carbocycles. The first kappa shape index (κ1) is 15.6. The van der Waals surface area contributed by atoms with Gasteiger partial charge in [0.25, 0.3) is 0 Å². The number of hydrogen-bond acceptors (Lipinski definition) is 1. The molecule has 0 fully saturated rings. The number of para-hydroxylation sites is 2. The second-order valence-electron chi connectivity index (χ2n) is 6.66. The van der Waals surface area contributed by atoms with Crippen LogP contribution in [-0.4, -0.2) is 10.9 Å². The number of carbonyl (C=O) groups is 1. The van der Waals surface area contributed by atoms with Crippen molar-refractivity contribution < 1.29 is 4.79 Å². The molecule has 128 valence electrons. The summed E-state index contributed by atoms with van der Waals surface area (Å²) in [6.45, 7) is 0. The number of nitrogens with zero attached hydrogens (tertiary/aromatic N) is 1. The lowest BCUT2D eigenvalue weighted by Gasteiger charge is -2.08. The van der Waals surface area contributed by atoms with Gasteiger partial charge in [-0.3, -0.25) is 4.79 Å². The van der Waals surface area contributed by atoms with E-state index in [2.05, 4.69) is 71.3 Å². The van der Waals surface area contributed by atoms with Crippen LogP contribution in [0.2, 0.25) is 0 Å². The summed E-state index contributed by atoms with van der Waals surface area (Å²) in [7, 11) is 0. The minimum Gasteiger partial charge on any atom is -0.309 e. The largest absolute Gasteiger partial charge is 0.309 e. The molecule has 0 aliphatic heterocycles. The number of fused-ring (bicyclic) bond motifs is 3. The lowest BCUT2D eigenvalue weighted by atomic mass is 10.0. The third-order valence-corrected chi connectivity index (χ3v) is 5.07. The number of aldehydes is 1. The van der Waals surface area contributed by atoms with Crippen LogP contribution in [-0.2, 0) is 0 Å². The molecule has 0 radical (unpaired) electrons. The van der Waals surface area contributed by atoms with Crippen LogP contribution in [0.5, 0.6) is 0 Å². The molecular weight excluding hydrogens is 330 g/mol. The predicted molar refractivity (Wildman–Crippen MR) is 112 cm³/mol. The Morgan fingerprint density at radius 3 is 2.04 bits per heavy atom. The molecule has 0 amide bonds. The SMILES string of the molecule is O=Cc1ccc(-c2ccc3c(c2)c2ccccc2n3-c2ccccc2)cc1. The Kier molecular flexibility index (Phi) is 3.61. The highest BCUT2D eigenvalue weighted by Gasteiger charge is 2.12. The summed E-state index contributed by atoms with van der Waals surface area (Å²) in [5, 5.41) is 2.47. The summed E-state index contributed by atoms with van der Waals surface area (Å²) >= 11 is 0. The summed E-state index contributed by atoms with van der Waals surface area (Å²) < 4.78 is 2.31. The molecule has 5 rings (SSSR count). The third kappa shape index (κ3) is 2.54. The van der Waals surface area contributed by atoms with Crippen LogP contribution >= 0.6 is 0 Å². The number of rotatable bonds is 3. The molecule has 0 N–H and O–H groups in total. The van der Waals surface area contributed by atoms with Crippen molar-refractivity contribution in [2.45, 2.75) is 0 Å². The van der Waals surface area contributed by atoms with Crippen LogP contribution in [0, 0.1) is 0 Å². The maximum absolute atomic E-state index is 10.9. The molecule has 2 heteroatoms. The topological polar surface area (TPSA) is 22.0 Å². The molecule has 0 unspecified atom stereocenters. The van der Waals surface area contributed by atoms with E-state index in [9.17, 15) is 4.79 Å². The van der Waals surface area contributed by atoms with Crippen molar-refractivity contribution in [3.63, 3.8) is 0 Å². The molecule has 0 aliphatic rings. The van der Waals surface area contributed by atoms with Gasteiger partial charge in [-0.05, 0) is 41.5 Å². The van der Waals surface area contributed by atoms with E-state index < -0.39 is 0 Å². The predicted octanol–water partition coefficient (Wildman–Crippen LogP) is 6.26. The second-order valence-corrected chi connectivity index (χ2v) is 6.66. The molecule has 0 atom stereocenters. The Labute approximate surface area is 157 Å². The van der Waals surface area contributed by atoms with E-state index in [4.69, 9.17) is 0 Å². The van der Waals surface area contributed by atoms with Crippen LogP contribution in [0.1, 0.15) is 10.4 Å². The van der Waals surface area contributed by atoms with E-state index in [0.29, 0.717) is 5.56 Å². The van der Waals surface area contributed by atoms with E-state index >= 15 is 0 Å². The summed E-state index contributed by atoms with van der Waals surface area (Å²) in [6.07, 6.45) is 0.875. The standard InChI is InChI=1S/C25H17NO/c27-17-18-10-12-19(13-11-18)20-14-15-25-23(16-20)22-8-4-5-9-24(22)26(25)21-6-2-1-3-7-21/h1-17H. The van der Waals surface area contributed by atoms with Crippen LogP contribution in [0.25, 0.3) is 38.6 Å². The van der Waals surface area contributed by atoms with Gasteiger partial charge in [0.15, 0.2) is 0 Å². The Hall–Kier alpha value is -3.65. The van der Waals surface area contributed by atoms with Crippen LogP contribution in [0.3, 0.4) is 0 Å². The smallest absolute Gasteiger partial charge is 0.150 e. The van der Waals surface area contributed by atoms with E-state index in [0.717, 1.165) is 23.1 Å². The summed E-state index contributed by atoms with van der Waals surface area (Å²) in [5.74, 6) is 0. The van der Waals surface area contributed by atoms with Gasteiger partial charge in [0, 0.05) is 22.0 Å². The van der Waals surface area contributed by atoms with Crippen molar-refractivity contribution in [1.82, 2.24) is 4.57 Å². The van der Waals surface area contributed by atoms with Crippen LogP contribution in [0.4, 0.5) is 0 Å². The van der Waals surface area contributed by atoms with Gasteiger partial charge in [-0.15, -0.1) is 0 Å². The van der Waals surface area contributed by atoms with E-state index in [-0.39, 0.29) is 0 Å². The van der Waals surface area contributed by atoms with Crippen molar-refractivity contribution in [3.8, 4) is 16.8 Å². The van der Waals surface area contributed by atoms with Gasteiger partial charge in [0.1, 0.15) is 6.29 Å². The molecule has 0 saturated heterocycles. The Morgan fingerprint density at radius 2 is 1.26 bits per heavy atom. The van der Waals surface area contributed by atoms with Gasteiger partial charge < -0.3 is 4.57 Å². The molecule has 0 bridgehead atoms. The van der Waals surface area contributed by atoms with E-state index in [1.54, 1.807) is 0 Å². The molecule has 5 aromatic rings. The van der Waals surface area contributed by atoms with Gasteiger partial charge in [-0.1, -0.05) is 66.7 Å². The maximum atomic E-state index is 10.9. The molecule has 4 aromatic carbocycles. The lowest BCUT2D eigenvalue weighted by molar-refractivity contribution is 0.112. The Bertz CT molecular complexity index is 1260. The molecule has 1 aromatic heterocycles. The van der Waals surface area contributed by atoms with Crippen LogP contribution in [0.15, 0.2) is 97.1 Å². The Balaban J connectivity index is 1.78. The highest BCUT2D eigenvalue weighted by molar-refractivity contribution is 6.10. The fourth-order valence-electron chi connectivity index (χ4n) is 3.76. The first-order valence-corrected chi connectivity index (χ1v) is 8.99. The fraction of sp³-hybridized carbons (Fsp3) is 0. The lowest BCUT2D eigenvalue weighted by Crippen LogP contribution is -1.92. The van der Waals surface area contributed by atoms with E-state index in [1.165, 1.54) is 21.8 Å². The number of hydrogen-bond donors (Lipinski definition) is 0. The number of benzene rings is 4. The zero-order chi connectivity index (χ0) is 18.2. The minimum atomic E-state index is 0.695. The van der Waals surface area contributed by atoms with Gasteiger partial charge in [-0.2, -0.15) is 0 Å². The fourth-order valence-corrected chi connectivity index (χ4v) is 3.76. The first-order valence-electron chi connectivity index (χ1n) is 8.99. The quantitative estimate of drug-likeness (QED) is 0.353. The van der Waals surface area contributed by atoms with Gasteiger partial charge in [-0.25, -0.2) is 0 Å². The molecule has 0 spiro atoms. The van der Waals surface area contributed by atoms with Crippen LogP contribution < -0.4 is 0 Å². The van der Waals surface area contributed by atoms with Gasteiger partial charge in [0.2, 0.25) is 0 Å². The maximum Gasteiger partial charge on any atom is 0.150 e. The van der Waals surface area contributed by atoms with E-state index in [1.807, 2.05) is 30.3 Å². The minimum absolute atomic E-state index is 0.695. The third-order valence-electron chi connectivity index (χ3n) is 5.07. The summed E-state index contributed by atoms with van der Waals surface area (Å²) in [4.78, 5) is 10.9. The van der Waals surface area contributed by atoms with Crippen molar-refractivity contribution in [2.24, 2.45) is 0 Å². The summed E-state index contributed by atoms with van der Waals surface area (Å²) in [5.41, 5.74) is 6.50. The zero-order valence-electron chi connectivity index (χ0n) is 14.7. The highest BCUT2D eigenvalue weighted by Crippen LogP contribution is 2.34. The molecule has 2 nitrogen and oxygen atoms in total. The molecule has 27 heavy (non-hydrogen) atoms. The van der Waals surface area contributed by atoms with Gasteiger partial charge in [0.05, 0.1) is 11.0 Å². The molecular formula is C25H17NO. The highest BCUT2D eigenvalue weighted by atomic mass is 16.1. The first-order chi connectivity index (χ1) is 13.3. The number of carbonyl (C=O) groups excluding carboxylic acids is 1. The molecule has 0 saturated carbocycles. The van der Waals surface area contributed by atoms with Crippen molar-refractivity contribution >= 4 is 28.1 Å². The number of aromatic nitrogens is 1. The molecule has 1 heterocycles. The van der Waals surface area contributed by atoms with Crippen molar-refractivity contribution in [2.75, 3.05) is 0 Å². The Morgan fingerprint density at radius 1 is 0.593 bits per heavy atom. The average molecular weight is 347 g/mol. The normalized spacial score (nSPS) is 11.1. The summed E-state index contributed by atoms with van der Waals surface area (Å²) in [6, 6.07) is 33.3. The monoisotopic (exact) mass is 347 g/mol. The van der Waals surface area contributed by atoms with Crippen molar-refractivity contribution in [1.29, 1.82) is 0 Å². The van der Waals surface area contributed by atoms with Crippen molar-refractivity contribution in [3.05, 3.63) is 103 Å². The van der Waals surface area contributed by atoms with Gasteiger partial charge >= 0.3 is 0 Å². The second kappa shape index (κ2) is 6.26. The zero-order valence-corrected chi connectivity index (χ0v) is 14.7.